The average Bonchev–Trinajstić information content (AvgIpc) is 2.49. The van der Waals surface area contributed by atoms with Gasteiger partial charge in [0.05, 0.1) is 12.8 Å². The number of phenolic OH excluding ortho intramolecular Hbond substituents is 2. The molecule has 0 spiro atoms. The Morgan fingerprint density at radius 1 is 1.18 bits per heavy atom. The number of halogens is 1. The number of benzene rings is 2. The van der Waals surface area contributed by atoms with E-state index in [1.54, 1.807) is 0 Å². The molecule has 0 aliphatic carbocycles. The molecule has 0 aliphatic rings. The molecule has 0 unspecified atom stereocenters. The van der Waals surface area contributed by atoms with Crippen LogP contribution < -0.4 is 10.7 Å². The highest BCUT2D eigenvalue weighted by molar-refractivity contribution is 14.1. The van der Waals surface area contributed by atoms with Gasteiger partial charge in [0.25, 0.3) is 5.91 Å². The van der Waals surface area contributed by atoms with Crippen LogP contribution in [0.1, 0.15) is 5.56 Å². The summed E-state index contributed by atoms with van der Waals surface area (Å²) in [5.41, 5.74) is 3.58. The van der Waals surface area contributed by atoms with Crippen LogP contribution in [0.25, 0.3) is 0 Å². The van der Waals surface area contributed by atoms with E-state index in [1.807, 2.05) is 24.3 Å². The van der Waals surface area contributed by atoms with E-state index in [0.717, 1.165) is 9.26 Å². The summed E-state index contributed by atoms with van der Waals surface area (Å²) in [5, 5.41) is 25.4. The minimum absolute atomic E-state index is 0.0413. The maximum atomic E-state index is 11.6. The van der Waals surface area contributed by atoms with E-state index < -0.39 is 0 Å². The summed E-state index contributed by atoms with van der Waals surface area (Å²) >= 11 is 2.20. The van der Waals surface area contributed by atoms with Crippen molar-refractivity contribution in [3.8, 4) is 11.5 Å². The molecule has 2 aromatic carbocycles. The van der Waals surface area contributed by atoms with E-state index in [4.69, 9.17) is 5.11 Å². The van der Waals surface area contributed by atoms with Crippen molar-refractivity contribution in [3.63, 3.8) is 0 Å². The van der Waals surface area contributed by atoms with Gasteiger partial charge in [0.2, 0.25) is 0 Å². The van der Waals surface area contributed by atoms with Crippen molar-refractivity contribution in [3.05, 3.63) is 51.6 Å². The zero-order valence-electron chi connectivity index (χ0n) is 11.5. The molecule has 0 saturated carbocycles. The Kier molecular flexibility index (Phi) is 5.59. The molecule has 0 aliphatic heterocycles. The minimum Gasteiger partial charge on any atom is -0.508 e. The normalized spacial score (nSPS) is 10.6. The zero-order chi connectivity index (χ0) is 15.9. The molecule has 22 heavy (non-hydrogen) atoms. The second-order valence-corrected chi connectivity index (χ2v) is 5.64. The number of aromatic hydroxyl groups is 2. The van der Waals surface area contributed by atoms with Gasteiger partial charge < -0.3 is 15.5 Å². The highest BCUT2D eigenvalue weighted by atomic mass is 127. The number of phenols is 2. The van der Waals surface area contributed by atoms with Gasteiger partial charge in [0.1, 0.15) is 11.5 Å². The van der Waals surface area contributed by atoms with Crippen molar-refractivity contribution in [2.75, 3.05) is 11.9 Å². The van der Waals surface area contributed by atoms with Gasteiger partial charge in [-0.1, -0.05) is 0 Å². The van der Waals surface area contributed by atoms with E-state index >= 15 is 0 Å². The lowest BCUT2D eigenvalue weighted by atomic mass is 10.2. The molecule has 4 N–H and O–H groups in total. The van der Waals surface area contributed by atoms with Gasteiger partial charge >= 0.3 is 0 Å². The standard InChI is InChI=1S/C15H14IN3O3/c16-11-2-4-12(5-3-11)17-9-15(22)19-18-8-10-1-6-13(20)7-14(10)21/h1-8,17,20-21H,9H2,(H,19,22). The maximum absolute atomic E-state index is 11.6. The van der Waals surface area contributed by atoms with Crippen LogP contribution in [0, 0.1) is 3.57 Å². The van der Waals surface area contributed by atoms with E-state index in [-0.39, 0.29) is 24.0 Å². The molecule has 0 radical (unpaired) electrons. The monoisotopic (exact) mass is 411 g/mol. The van der Waals surface area contributed by atoms with Crippen molar-refractivity contribution in [2.24, 2.45) is 5.10 Å². The highest BCUT2D eigenvalue weighted by Gasteiger charge is 2.01. The molecule has 0 saturated heterocycles. The first kappa shape index (κ1) is 16.1. The number of hydrogen-bond donors (Lipinski definition) is 4. The van der Waals surface area contributed by atoms with Crippen LogP contribution in [0.15, 0.2) is 47.6 Å². The van der Waals surface area contributed by atoms with Crippen molar-refractivity contribution in [2.45, 2.75) is 0 Å². The number of hydrogen-bond acceptors (Lipinski definition) is 5. The fraction of sp³-hybridized carbons (Fsp3) is 0.0667. The Morgan fingerprint density at radius 3 is 2.59 bits per heavy atom. The molecule has 2 rings (SSSR count). The Morgan fingerprint density at radius 2 is 1.91 bits per heavy atom. The number of hydrazone groups is 1. The molecule has 114 valence electrons. The molecule has 0 fully saturated rings. The van der Waals surface area contributed by atoms with Crippen molar-refractivity contribution >= 4 is 40.4 Å². The molecule has 0 aromatic heterocycles. The third kappa shape index (κ3) is 4.92. The SMILES string of the molecule is O=C(CNc1ccc(I)cc1)NN=Cc1ccc(O)cc1O. The topological polar surface area (TPSA) is 94.0 Å². The number of nitrogens with zero attached hydrogens (tertiary/aromatic N) is 1. The first-order valence-electron chi connectivity index (χ1n) is 6.38. The summed E-state index contributed by atoms with van der Waals surface area (Å²) < 4.78 is 1.12. The van der Waals surface area contributed by atoms with E-state index in [0.29, 0.717) is 5.56 Å². The predicted molar refractivity (Wildman–Crippen MR) is 93.2 cm³/mol. The summed E-state index contributed by atoms with van der Waals surface area (Å²) in [6.45, 7) is 0.0828. The molecule has 1 amide bonds. The number of carbonyl (C=O) groups is 1. The average molecular weight is 411 g/mol. The largest absolute Gasteiger partial charge is 0.508 e. The summed E-state index contributed by atoms with van der Waals surface area (Å²) in [4.78, 5) is 11.6. The van der Waals surface area contributed by atoms with Crippen LogP contribution in [0.3, 0.4) is 0 Å². The van der Waals surface area contributed by atoms with Crippen molar-refractivity contribution in [1.82, 2.24) is 5.43 Å². The Labute approximate surface area is 141 Å². The third-order valence-electron chi connectivity index (χ3n) is 2.70. The minimum atomic E-state index is -0.312. The van der Waals surface area contributed by atoms with Crippen LogP contribution in [0.4, 0.5) is 5.69 Å². The summed E-state index contributed by atoms with van der Waals surface area (Å²) in [6, 6.07) is 11.7. The fourth-order valence-electron chi connectivity index (χ4n) is 1.60. The van der Waals surface area contributed by atoms with Gasteiger partial charge in [-0.15, -0.1) is 0 Å². The van der Waals surface area contributed by atoms with Crippen LogP contribution in [-0.4, -0.2) is 28.9 Å². The lowest BCUT2D eigenvalue weighted by molar-refractivity contribution is -0.119. The molecule has 0 heterocycles. The number of carbonyl (C=O) groups excluding carboxylic acids is 1. The molecule has 2 aromatic rings. The highest BCUT2D eigenvalue weighted by Crippen LogP contribution is 2.20. The van der Waals surface area contributed by atoms with Gasteiger partial charge in [0.15, 0.2) is 0 Å². The molecule has 7 heteroatoms. The van der Waals surface area contributed by atoms with Crippen LogP contribution >= 0.6 is 22.6 Å². The first-order valence-corrected chi connectivity index (χ1v) is 7.46. The van der Waals surface area contributed by atoms with Gasteiger partial charge in [0, 0.05) is 20.9 Å². The second-order valence-electron chi connectivity index (χ2n) is 4.40. The van der Waals surface area contributed by atoms with Gasteiger partial charge in [-0.2, -0.15) is 5.10 Å². The number of anilines is 1. The van der Waals surface area contributed by atoms with Gasteiger partial charge in [-0.25, -0.2) is 5.43 Å². The maximum Gasteiger partial charge on any atom is 0.259 e. The molecule has 0 atom stereocenters. The number of amides is 1. The molecular weight excluding hydrogens is 397 g/mol. The number of rotatable bonds is 5. The Balaban J connectivity index is 1.82. The fourth-order valence-corrected chi connectivity index (χ4v) is 1.96. The van der Waals surface area contributed by atoms with Crippen LogP contribution in [-0.2, 0) is 4.79 Å². The van der Waals surface area contributed by atoms with Crippen molar-refractivity contribution < 1.29 is 15.0 Å². The third-order valence-corrected chi connectivity index (χ3v) is 3.42. The lowest BCUT2D eigenvalue weighted by Crippen LogP contribution is -2.25. The molecule has 0 bridgehead atoms. The van der Waals surface area contributed by atoms with E-state index in [1.165, 1.54) is 24.4 Å². The van der Waals surface area contributed by atoms with Crippen LogP contribution in [0.2, 0.25) is 0 Å². The summed E-state index contributed by atoms with van der Waals surface area (Å²) in [5.74, 6) is -0.469. The second kappa shape index (κ2) is 7.64. The van der Waals surface area contributed by atoms with Gasteiger partial charge in [-0.05, 0) is 59.0 Å². The summed E-state index contributed by atoms with van der Waals surface area (Å²) in [7, 11) is 0. The first-order chi connectivity index (χ1) is 10.5. The Bertz CT molecular complexity index is 687. The summed E-state index contributed by atoms with van der Waals surface area (Å²) in [6.07, 6.45) is 1.30. The molecule has 6 nitrogen and oxygen atoms in total. The smallest absolute Gasteiger partial charge is 0.259 e. The Hall–Kier alpha value is -2.29. The van der Waals surface area contributed by atoms with Crippen molar-refractivity contribution in [1.29, 1.82) is 0 Å². The van der Waals surface area contributed by atoms with Gasteiger partial charge in [-0.3, -0.25) is 4.79 Å². The number of nitrogens with one attached hydrogen (secondary N) is 2. The predicted octanol–water partition coefficient (Wildman–Crippen LogP) is 2.26. The van der Waals surface area contributed by atoms with E-state index in [2.05, 4.69) is 38.4 Å². The zero-order valence-corrected chi connectivity index (χ0v) is 13.6. The lowest BCUT2D eigenvalue weighted by Gasteiger charge is -2.05. The van der Waals surface area contributed by atoms with Crippen LogP contribution in [0.5, 0.6) is 11.5 Å². The quantitative estimate of drug-likeness (QED) is 0.345. The van der Waals surface area contributed by atoms with E-state index in [9.17, 15) is 9.90 Å². The molecular formula is C15H14IN3O3.